The molecule has 1 aromatic heterocycles. The molecule has 3 heterocycles. The first-order valence-corrected chi connectivity index (χ1v) is 11.9. The van der Waals surface area contributed by atoms with E-state index in [1.54, 1.807) is 9.80 Å². The molecule has 1 aromatic carbocycles. The average molecular weight is 423 g/mol. The second-order valence-electron chi connectivity index (χ2n) is 7.11. The Kier molecular flexibility index (Phi) is 5.15. The molecule has 2 aliphatic rings. The van der Waals surface area contributed by atoms with Gasteiger partial charge in [-0.2, -0.15) is 0 Å². The van der Waals surface area contributed by atoms with Crippen molar-refractivity contribution in [3.05, 3.63) is 34.7 Å². The molecule has 0 spiro atoms. The normalized spacial score (nSPS) is 22.4. The molecule has 28 heavy (non-hydrogen) atoms. The van der Waals surface area contributed by atoms with Gasteiger partial charge in [0, 0.05) is 36.8 Å². The van der Waals surface area contributed by atoms with Gasteiger partial charge in [0.15, 0.2) is 9.84 Å². The van der Waals surface area contributed by atoms with Crippen molar-refractivity contribution in [1.29, 1.82) is 0 Å². The van der Waals surface area contributed by atoms with E-state index in [0.717, 1.165) is 15.6 Å². The Hall–Kier alpha value is -1.97. The number of rotatable bonds is 2. The van der Waals surface area contributed by atoms with Crippen LogP contribution in [0.2, 0.25) is 0 Å². The summed E-state index contributed by atoms with van der Waals surface area (Å²) < 4.78 is 30.4. The summed E-state index contributed by atoms with van der Waals surface area (Å²) in [5, 5.41) is 0.955. The van der Waals surface area contributed by atoms with Crippen LogP contribution in [0.3, 0.4) is 0 Å². The van der Waals surface area contributed by atoms with Crippen LogP contribution in [-0.2, 0) is 19.4 Å². The van der Waals surface area contributed by atoms with Crippen LogP contribution in [0.1, 0.15) is 28.3 Å². The lowest BCUT2D eigenvalue weighted by molar-refractivity contribution is -0.136. The fourth-order valence-electron chi connectivity index (χ4n) is 3.71. The maximum atomic E-state index is 13.3. The standard InChI is InChI=1S/C19H22N2O5S2/c1-13(22)21-6-9-26-15(12-21)17-14-4-2-3-5-16(14)27-18(17)19(23)20-7-10-28(24,25)11-8-20/h2-5,15H,6-12H2,1H3. The lowest BCUT2D eigenvalue weighted by Crippen LogP contribution is -2.44. The molecular weight excluding hydrogens is 400 g/mol. The molecule has 9 heteroatoms. The monoisotopic (exact) mass is 422 g/mol. The van der Waals surface area contributed by atoms with Crippen molar-refractivity contribution in [1.82, 2.24) is 9.80 Å². The number of morpholine rings is 1. The Morgan fingerprint density at radius 1 is 1.11 bits per heavy atom. The van der Waals surface area contributed by atoms with E-state index in [4.69, 9.17) is 4.74 Å². The largest absolute Gasteiger partial charge is 0.370 e. The van der Waals surface area contributed by atoms with Crippen LogP contribution in [-0.4, -0.2) is 74.3 Å². The maximum absolute atomic E-state index is 13.3. The fourth-order valence-corrected chi connectivity index (χ4v) is 6.14. The smallest absolute Gasteiger partial charge is 0.264 e. The quantitative estimate of drug-likeness (QED) is 0.735. The highest BCUT2D eigenvalue weighted by atomic mass is 32.2. The number of carbonyl (C=O) groups is 2. The van der Waals surface area contributed by atoms with E-state index in [1.165, 1.54) is 18.3 Å². The minimum Gasteiger partial charge on any atom is -0.370 e. The van der Waals surface area contributed by atoms with Crippen molar-refractivity contribution in [3.8, 4) is 0 Å². The minimum atomic E-state index is -3.06. The summed E-state index contributed by atoms with van der Waals surface area (Å²) in [7, 11) is -3.06. The van der Waals surface area contributed by atoms with Gasteiger partial charge in [0.05, 0.1) is 29.5 Å². The average Bonchev–Trinajstić information content (AvgIpc) is 3.07. The SMILES string of the molecule is CC(=O)N1CCOC(c2c(C(=O)N3CCS(=O)(=O)CC3)sc3ccccc23)C1. The molecule has 2 aliphatic heterocycles. The highest BCUT2D eigenvalue weighted by molar-refractivity contribution is 7.91. The molecule has 2 fully saturated rings. The summed E-state index contributed by atoms with van der Waals surface area (Å²) in [6.45, 7) is 3.32. The molecule has 0 radical (unpaired) electrons. The van der Waals surface area contributed by atoms with Crippen LogP contribution >= 0.6 is 11.3 Å². The van der Waals surface area contributed by atoms with Crippen molar-refractivity contribution in [2.45, 2.75) is 13.0 Å². The lowest BCUT2D eigenvalue weighted by Gasteiger charge is -2.33. The number of amides is 2. The first kappa shape index (κ1) is 19.4. The summed E-state index contributed by atoms with van der Waals surface area (Å²) in [4.78, 5) is 29.0. The molecule has 7 nitrogen and oxygen atoms in total. The zero-order chi connectivity index (χ0) is 19.9. The molecule has 2 amide bonds. The molecule has 4 rings (SSSR count). The Labute approximate surface area is 167 Å². The first-order chi connectivity index (χ1) is 13.4. The lowest BCUT2D eigenvalue weighted by atomic mass is 10.0. The molecule has 2 saturated heterocycles. The van der Waals surface area contributed by atoms with E-state index in [0.29, 0.717) is 24.6 Å². The summed E-state index contributed by atoms with van der Waals surface area (Å²) in [6, 6.07) is 7.78. The highest BCUT2D eigenvalue weighted by Crippen LogP contribution is 2.39. The van der Waals surface area contributed by atoms with Crippen molar-refractivity contribution < 1.29 is 22.7 Å². The third-order valence-electron chi connectivity index (χ3n) is 5.29. The second kappa shape index (κ2) is 7.46. The van der Waals surface area contributed by atoms with Gasteiger partial charge in [0.1, 0.15) is 6.10 Å². The summed E-state index contributed by atoms with van der Waals surface area (Å²) >= 11 is 1.40. The zero-order valence-corrected chi connectivity index (χ0v) is 17.2. The van der Waals surface area contributed by atoms with Crippen molar-refractivity contribution in [2.24, 2.45) is 0 Å². The van der Waals surface area contributed by atoms with E-state index in [9.17, 15) is 18.0 Å². The van der Waals surface area contributed by atoms with Crippen molar-refractivity contribution in [3.63, 3.8) is 0 Å². The predicted molar refractivity (Wildman–Crippen MR) is 107 cm³/mol. The molecule has 0 saturated carbocycles. The van der Waals surface area contributed by atoms with Crippen LogP contribution in [0, 0.1) is 0 Å². The molecule has 0 bridgehead atoms. The number of hydrogen-bond donors (Lipinski definition) is 0. The van der Waals surface area contributed by atoms with Crippen LogP contribution in [0.15, 0.2) is 24.3 Å². The van der Waals surface area contributed by atoms with Gasteiger partial charge in [0.2, 0.25) is 5.91 Å². The second-order valence-corrected chi connectivity index (χ2v) is 10.5. The zero-order valence-electron chi connectivity index (χ0n) is 15.6. The van der Waals surface area contributed by atoms with E-state index in [2.05, 4.69) is 0 Å². The molecule has 0 aliphatic carbocycles. The van der Waals surface area contributed by atoms with E-state index in [1.807, 2.05) is 24.3 Å². The Morgan fingerprint density at radius 3 is 2.54 bits per heavy atom. The van der Waals surface area contributed by atoms with E-state index < -0.39 is 9.84 Å². The number of hydrogen-bond acceptors (Lipinski definition) is 6. The van der Waals surface area contributed by atoms with Gasteiger partial charge >= 0.3 is 0 Å². The van der Waals surface area contributed by atoms with Crippen molar-refractivity contribution >= 4 is 43.1 Å². The van der Waals surface area contributed by atoms with Gasteiger partial charge in [-0.3, -0.25) is 9.59 Å². The van der Waals surface area contributed by atoms with Gasteiger partial charge in [-0.1, -0.05) is 18.2 Å². The number of thiophene rings is 1. The number of ether oxygens (including phenoxy) is 1. The van der Waals surface area contributed by atoms with Gasteiger partial charge in [-0.25, -0.2) is 8.42 Å². The maximum Gasteiger partial charge on any atom is 0.264 e. The Morgan fingerprint density at radius 2 is 1.82 bits per heavy atom. The number of carbonyl (C=O) groups excluding carboxylic acids is 2. The van der Waals surface area contributed by atoms with Gasteiger partial charge in [0.25, 0.3) is 5.91 Å². The topological polar surface area (TPSA) is 84.0 Å². The van der Waals surface area contributed by atoms with Crippen LogP contribution in [0.5, 0.6) is 0 Å². The Balaban J connectivity index is 1.71. The first-order valence-electron chi connectivity index (χ1n) is 9.24. The highest BCUT2D eigenvalue weighted by Gasteiger charge is 2.33. The number of sulfone groups is 1. The summed E-state index contributed by atoms with van der Waals surface area (Å²) in [5.41, 5.74) is 0.810. The Bertz CT molecular complexity index is 1020. The van der Waals surface area contributed by atoms with E-state index >= 15 is 0 Å². The van der Waals surface area contributed by atoms with Gasteiger partial charge < -0.3 is 14.5 Å². The number of nitrogens with zero attached hydrogens (tertiary/aromatic N) is 2. The van der Waals surface area contributed by atoms with E-state index in [-0.39, 0.29) is 42.5 Å². The predicted octanol–water partition coefficient (Wildman–Crippen LogP) is 1.69. The van der Waals surface area contributed by atoms with Gasteiger partial charge in [-0.15, -0.1) is 11.3 Å². The molecule has 0 N–H and O–H groups in total. The number of benzene rings is 1. The fraction of sp³-hybridized carbons (Fsp3) is 0.474. The molecular formula is C19H22N2O5S2. The third-order valence-corrected chi connectivity index (χ3v) is 8.08. The molecule has 1 atom stereocenters. The van der Waals surface area contributed by atoms with Gasteiger partial charge in [-0.05, 0) is 11.5 Å². The molecule has 150 valence electrons. The van der Waals surface area contributed by atoms with Crippen LogP contribution in [0.4, 0.5) is 0 Å². The summed E-state index contributed by atoms with van der Waals surface area (Å²) in [6.07, 6.45) is -0.374. The van der Waals surface area contributed by atoms with Crippen LogP contribution < -0.4 is 0 Å². The van der Waals surface area contributed by atoms with Crippen molar-refractivity contribution in [2.75, 3.05) is 44.3 Å². The third kappa shape index (κ3) is 3.66. The molecule has 2 aromatic rings. The summed E-state index contributed by atoms with van der Waals surface area (Å²) in [5.74, 6) is -0.176. The minimum absolute atomic E-state index is 0.00296. The molecule has 1 unspecified atom stereocenters. The van der Waals surface area contributed by atoms with Crippen LogP contribution in [0.25, 0.3) is 10.1 Å². The number of fused-ring (bicyclic) bond motifs is 1.